The third-order valence-electron chi connectivity index (χ3n) is 3.12. The minimum atomic E-state index is -0.624. The molecule has 0 saturated heterocycles. The highest BCUT2D eigenvalue weighted by molar-refractivity contribution is 5.96. The van der Waals surface area contributed by atoms with Crippen molar-refractivity contribution in [2.75, 3.05) is 18.6 Å². The van der Waals surface area contributed by atoms with E-state index in [9.17, 15) is 9.59 Å². The number of hydrogen-bond acceptors (Lipinski definition) is 3. The smallest absolute Gasteiger partial charge is 0.407 e. The molecular weight excluding hydrogens is 280 g/mol. The second-order valence-electron chi connectivity index (χ2n) is 4.65. The number of benzene rings is 2. The highest BCUT2D eigenvalue weighted by Gasteiger charge is 2.16. The number of hydrogen-bond donors (Lipinski definition) is 1. The van der Waals surface area contributed by atoms with Gasteiger partial charge in [-0.05, 0) is 17.7 Å². The molecule has 114 valence electrons. The van der Waals surface area contributed by atoms with Crippen LogP contribution < -0.4 is 10.2 Å². The Bertz CT molecular complexity index is 614. The van der Waals surface area contributed by atoms with E-state index in [0.717, 1.165) is 11.3 Å². The number of carbonyl (C=O) groups excluding carboxylic acids is 2. The Morgan fingerprint density at radius 1 is 1.00 bits per heavy atom. The molecule has 0 unspecified atom stereocenters. The summed E-state index contributed by atoms with van der Waals surface area (Å²) in [5.74, 6) is -0.208. The Morgan fingerprint density at radius 3 is 2.18 bits per heavy atom. The molecule has 0 atom stereocenters. The quantitative estimate of drug-likeness (QED) is 0.923. The number of rotatable bonds is 5. The Kier molecular flexibility index (Phi) is 5.54. The summed E-state index contributed by atoms with van der Waals surface area (Å²) in [7, 11) is 1.26. The van der Waals surface area contributed by atoms with E-state index in [2.05, 4.69) is 10.1 Å². The van der Waals surface area contributed by atoms with Crippen molar-refractivity contribution in [3.8, 4) is 0 Å². The summed E-state index contributed by atoms with van der Waals surface area (Å²) >= 11 is 0. The molecule has 0 heterocycles. The van der Waals surface area contributed by atoms with Crippen LogP contribution in [-0.2, 0) is 16.1 Å². The van der Waals surface area contributed by atoms with Crippen molar-refractivity contribution in [3.63, 3.8) is 0 Å². The third-order valence-corrected chi connectivity index (χ3v) is 3.12. The predicted octanol–water partition coefficient (Wildman–Crippen LogP) is 2.58. The van der Waals surface area contributed by atoms with E-state index < -0.39 is 6.09 Å². The molecule has 0 fully saturated rings. The molecule has 0 aliphatic rings. The Labute approximate surface area is 129 Å². The van der Waals surface area contributed by atoms with Gasteiger partial charge in [0.15, 0.2) is 0 Å². The maximum absolute atomic E-state index is 12.4. The van der Waals surface area contributed by atoms with Crippen molar-refractivity contribution >= 4 is 17.7 Å². The first-order chi connectivity index (χ1) is 10.7. The van der Waals surface area contributed by atoms with Crippen LogP contribution in [0.25, 0.3) is 0 Å². The molecule has 0 aliphatic carbocycles. The highest BCUT2D eigenvalue weighted by atomic mass is 16.5. The summed E-state index contributed by atoms with van der Waals surface area (Å²) in [6, 6.07) is 19.0. The molecule has 0 aliphatic heterocycles. The molecule has 22 heavy (non-hydrogen) atoms. The van der Waals surface area contributed by atoms with Gasteiger partial charge in [0, 0.05) is 5.69 Å². The van der Waals surface area contributed by atoms with Crippen molar-refractivity contribution < 1.29 is 14.3 Å². The zero-order valence-corrected chi connectivity index (χ0v) is 12.4. The maximum atomic E-state index is 12.4. The average molecular weight is 298 g/mol. The van der Waals surface area contributed by atoms with Gasteiger partial charge in [0.2, 0.25) is 5.91 Å². The number of nitrogens with zero attached hydrogens (tertiary/aromatic N) is 1. The number of ether oxygens (including phenoxy) is 1. The van der Waals surface area contributed by atoms with Crippen LogP contribution in [-0.4, -0.2) is 25.7 Å². The van der Waals surface area contributed by atoms with Gasteiger partial charge >= 0.3 is 6.09 Å². The molecule has 2 aromatic carbocycles. The molecule has 2 amide bonds. The largest absolute Gasteiger partial charge is 0.453 e. The second-order valence-corrected chi connectivity index (χ2v) is 4.65. The number of nitrogens with one attached hydrogen (secondary N) is 1. The molecule has 0 spiro atoms. The summed E-state index contributed by atoms with van der Waals surface area (Å²) < 4.78 is 4.48. The predicted molar refractivity (Wildman–Crippen MR) is 84.5 cm³/mol. The Morgan fingerprint density at radius 2 is 1.59 bits per heavy atom. The van der Waals surface area contributed by atoms with Gasteiger partial charge in [-0.3, -0.25) is 4.79 Å². The first kappa shape index (κ1) is 15.6. The second kappa shape index (κ2) is 7.83. The van der Waals surface area contributed by atoms with Crippen molar-refractivity contribution in [1.29, 1.82) is 0 Å². The molecule has 2 aromatic rings. The van der Waals surface area contributed by atoms with E-state index in [-0.39, 0.29) is 12.5 Å². The van der Waals surface area contributed by atoms with Crippen LogP contribution in [0.3, 0.4) is 0 Å². The van der Waals surface area contributed by atoms with E-state index in [1.54, 1.807) is 4.90 Å². The van der Waals surface area contributed by atoms with Crippen LogP contribution >= 0.6 is 0 Å². The molecule has 5 nitrogen and oxygen atoms in total. The lowest BCUT2D eigenvalue weighted by Gasteiger charge is -2.23. The Hall–Kier alpha value is -2.82. The van der Waals surface area contributed by atoms with E-state index >= 15 is 0 Å². The lowest BCUT2D eigenvalue weighted by Crippen LogP contribution is -2.40. The molecule has 0 saturated carbocycles. The lowest BCUT2D eigenvalue weighted by atomic mass is 10.2. The maximum Gasteiger partial charge on any atom is 0.407 e. The fourth-order valence-electron chi connectivity index (χ4n) is 2.01. The number of methoxy groups -OCH3 is 1. The SMILES string of the molecule is COC(=O)NCC(=O)N(Cc1ccccc1)c1ccccc1. The number of amides is 2. The van der Waals surface area contributed by atoms with Gasteiger partial charge in [0.25, 0.3) is 0 Å². The molecular formula is C17H18N2O3. The van der Waals surface area contributed by atoms with Gasteiger partial charge in [-0.15, -0.1) is 0 Å². The molecule has 0 radical (unpaired) electrons. The molecule has 5 heteroatoms. The van der Waals surface area contributed by atoms with E-state index in [1.807, 2.05) is 60.7 Å². The number of alkyl carbamates (subject to hydrolysis) is 1. The summed E-state index contributed by atoms with van der Waals surface area (Å²) in [6.45, 7) is 0.320. The fraction of sp³-hybridized carbons (Fsp3) is 0.176. The summed E-state index contributed by atoms with van der Waals surface area (Å²) in [4.78, 5) is 25.2. The van der Waals surface area contributed by atoms with Crippen LogP contribution in [0.5, 0.6) is 0 Å². The van der Waals surface area contributed by atoms with Crippen molar-refractivity contribution in [2.45, 2.75) is 6.54 Å². The van der Waals surface area contributed by atoms with Gasteiger partial charge in [-0.2, -0.15) is 0 Å². The topological polar surface area (TPSA) is 58.6 Å². The average Bonchev–Trinajstić information content (AvgIpc) is 2.59. The zero-order chi connectivity index (χ0) is 15.8. The summed E-state index contributed by atoms with van der Waals surface area (Å²) in [5.41, 5.74) is 1.79. The number of anilines is 1. The highest BCUT2D eigenvalue weighted by Crippen LogP contribution is 2.16. The van der Waals surface area contributed by atoms with Crippen LogP contribution in [0.2, 0.25) is 0 Å². The minimum Gasteiger partial charge on any atom is -0.453 e. The number of para-hydroxylation sites is 1. The standard InChI is InChI=1S/C17H18N2O3/c1-22-17(21)18-12-16(20)19(15-10-6-3-7-11-15)13-14-8-4-2-5-9-14/h2-11H,12-13H2,1H3,(H,18,21). The molecule has 0 bridgehead atoms. The van der Waals surface area contributed by atoms with Gasteiger partial charge in [-0.25, -0.2) is 4.79 Å². The van der Waals surface area contributed by atoms with Crippen LogP contribution in [0.1, 0.15) is 5.56 Å². The first-order valence-electron chi connectivity index (χ1n) is 6.92. The fourth-order valence-corrected chi connectivity index (χ4v) is 2.01. The minimum absolute atomic E-state index is 0.117. The zero-order valence-electron chi connectivity index (χ0n) is 12.4. The van der Waals surface area contributed by atoms with Crippen LogP contribution in [0.15, 0.2) is 60.7 Å². The van der Waals surface area contributed by atoms with Gasteiger partial charge in [-0.1, -0.05) is 48.5 Å². The van der Waals surface area contributed by atoms with E-state index in [1.165, 1.54) is 7.11 Å². The number of carbonyl (C=O) groups is 2. The van der Waals surface area contributed by atoms with Gasteiger partial charge < -0.3 is 15.0 Å². The summed E-state index contributed by atoms with van der Waals surface area (Å²) in [6.07, 6.45) is -0.624. The Balaban J connectivity index is 2.15. The summed E-state index contributed by atoms with van der Waals surface area (Å²) in [5, 5.41) is 2.42. The first-order valence-corrected chi connectivity index (χ1v) is 6.92. The van der Waals surface area contributed by atoms with Crippen molar-refractivity contribution in [3.05, 3.63) is 66.2 Å². The lowest BCUT2D eigenvalue weighted by molar-refractivity contribution is -0.117. The molecule has 0 aromatic heterocycles. The third kappa shape index (κ3) is 4.34. The molecule has 2 rings (SSSR count). The van der Waals surface area contributed by atoms with E-state index in [4.69, 9.17) is 0 Å². The van der Waals surface area contributed by atoms with Crippen LogP contribution in [0.4, 0.5) is 10.5 Å². The monoisotopic (exact) mass is 298 g/mol. The molecule has 1 N–H and O–H groups in total. The van der Waals surface area contributed by atoms with Crippen molar-refractivity contribution in [2.24, 2.45) is 0 Å². The van der Waals surface area contributed by atoms with E-state index in [0.29, 0.717) is 6.54 Å². The van der Waals surface area contributed by atoms with Crippen LogP contribution in [0, 0.1) is 0 Å². The van der Waals surface area contributed by atoms with Gasteiger partial charge in [0.05, 0.1) is 13.7 Å². The normalized spacial score (nSPS) is 9.86. The van der Waals surface area contributed by atoms with Crippen molar-refractivity contribution in [1.82, 2.24) is 5.32 Å². The van der Waals surface area contributed by atoms with Gasteiger partial charge in [0.1, 0.15) is 6.54 Å².